The fourth-order valence-corrected chi connectivity index (χ4v) is 4.07. The Hall–Kier alpha value is -2.83. The Labute approximate surface area is 155 Å². The van der Waals surface area contributed by atoms with Crippen molar-refractivity contribution in [3.8, 4) is 5.75 Å². The number of carbonyl (C=O) groups is 2. The molecule has 4 rings (SSSR count). The van der Waals surface area contributed by atoms with Gasteiger partial charge in [0.05, 0.1) is 0 Å². The van der Waals surface area contributed by atoms with Crippen LogP contribution in [0.25, 0.3) is 11.0 Å². The van der Waals surface area contributed by atoms with Crippen LogP contribution >= 0.6 is 0 Å². The second-order valence-electron chi connectivity index (χ2n) is 7.08. The van der Waals surface area contributed by atoms with Gasteiger partial charge < -0.3 is 19.2 Å². The zero-order valence-corrected chi connectivity index (χ0v) is 14.9. The van der Waals surface area contributed by atoms with Gasteiger partial charge in [0, 0.05) is 23.6 Å². The molecule has 0 radical (unpaired) electrons. The molecule has 1 aromatic carbocycles. The summed E-state index contributed by atoms with van der Waals surface area (Å²) < 4.78 is 11.0. The van der Waals surface area contributed by atoms with E-state index in [-0.39, 0.29) is 18.1 Å². The Bertz CT molecular complexity index is 963. The van der Waals surface area contributed by atoms with Crippen molar-refractivity contribution in [2.24, 2.45) is 0 Å². The predicted molar refractivity (Wildman–Crippen MR) is 97.0 cm³/mol. The third-order valence-corrected chi connectivity index (χ3v) is 5.42. The van der Waals surface area contributed by atoms with Gasteiger partial charge in [-0.2, -0.15) is 0 Å². The van der Waals surface area contributed by atoms with Crippen molar-refractivity contribution >= 4 is 22.8 Å². The van der Waals surface area contributed by atoms with Crippen molar-refractivity contribution in [1.82, 2.24) is 4.90 Å². The molecule has 0 saturated carbocycles. The van der Waals surface area contributed by atoms with Crippen LogP contribution in [0.3, 0.4) is 0 Å². The molecule has 2 aromatic rings. The van der Waals surface area contributed by atoms with Gasteiger partial charge in [-0.05, 0) is 56.2 Å². The number of fused-ring (bicyclic) bond motifs is 3. The molecule has 1 saturated heterocycles. The largest absolute Gasteiger partial charge is 0.484 e. The SMILES string of the molecule is O=C(O)[C@@H]1CCCN1C(=O)COc1ccc2c3c(c(=O)oc2c1)CCCC3. The number of aryl methyl sites for hydroxylation is 1. The van der Waals surface area contributed by atoms with Gasteiger partial charge in [-0.15, -0.1) is 0 Å². The van der Waals surface area contributed by atoms with E-state index >= 15 is 0 Å². The second-order valence-corrected chi connectivity index (χ2v) is 7.08. The van der Waals surface area contributed by atoms with Gasteiger partial charge in [0.1, 0.15) is 17.4 Å². The number of likely N-dealkylation sites (tertiary alicyclic amines) is 1. The average molecular weight is 371 g/mol. The first kappa shape index (κ1) is 17.6. The molecule has 1 atom stereocenters. The quantitative estimate of drug-likeness (QED) is 0.827. The molecule has 7 heteroatoms. The molecule has 142 valence electrons. The number of carbonyl (C=O) groups excluding carboxylic acids is 1. The van der Waals surface area contributed by atoms with Gasteiger partial charge in [0.2, 0.25) is 0 Å². The van der Waals surface area contributed by atoms with Crippen LogP contribution in [0.2, 0.25) is 0 Å². The predicted octanol–water partition coefficient (Wildman–Crippen LogP) is 2.13. The maximum atomic E-state index is 12.3. The first-order valence-electron chi connectivity index (χ1n) is 9.28. The van der Waals surface area contributed by atoms with Gasteiger partial charge in [-0.1, -0.05) is 0 Å². The van der Waals surface area contributed by atoms with E-state index in [9.17, 15) is 19.5 Å². The Morgan fingerprint density at radius 1 is 1.19 bits per heavy atom. The van der Waals surface area contributed by atoms with E-state index in [2.05, 4.69) is 0 Å². The zero-order chi connectivity index (χ0) is 19.0. The minimum atomic E-state index is -0.988. The summed E-state index contributed by atoms with van der Waals surface area (Å²) in [4.78, 5) is 37.1. The number of aliphatic carboxylic acids is 1. The maximum Gasteiger partial charge on any atom is 0.339 e. The summed E-state index contributed by atoms with van der Waals surface area (Å²) in [6.45, 7) is 0.183. The van der Waals surface area contributed by atoms with Crippen LogP contribution in [0.15, 0.2) is 27.4 Å². The topological polar surface area (TPSA) is 97.0 Å². The monoisotopic (exact) mass is 371 g/mol. The van der Waals surface area contributed by atoms with Crippen molar-refractivity contribution in [2.75, 3.05) is 13.2 Å². The molecule has 1 aromatic heterocycles. The lowest BCUT2D eigenvalue weighted by molar-refractivity contribution is -0.148. The zero-order valence-electron chi connectivity index (χ0n) is 14.9. The summed E-state index contributed by atoms with van der Waals surface area (Å²) in [5.41, 5.74) is 1.98. The Morgan fingerprint density at radius 2 is 1.96 bits per heavy atom. The van der Waals surface area contributed by atoms with Gasteiger partial charge in [0.25, 0.3) is 5.91 Å². The van der Waals surface area contributed by atoms with Crippen LogP contribution < -0.4 is 10.4 Å². The number of ether oxygens (including phenoxy) is 1. The van der Waals surface area contributed by atoms with Crippen molar-refractivity contribution in [3.05, 3.63) is 39.7 Å². The molecular weight excluding hydrogens is 350 g/mol. The fraction of sp³-hybridized carbons (Fsp3) is 0.450. The summed E-state index contributed by atoms with van der Waals surface area (Å²) in [6.07, 6.45) is 4.81. The molecule has 1 aliphatic heterocycles. The van der Waals surface area contributed by atoms with Crippen LogP contribution in [-0.4, -0.2) is 41.1 Å². The Morgan fingerprint density at radius 3 is 2.74 bits per heavy atom. The number of benzene rings is 1. The molecule has 1 fully saturated rings. The van der Waals surface area contributed by atoms with E-state index in [0.717, 1.165) is 42.2 Å². The third-order valence-electron chi connectivity index (χ3n) is 5.42. The molecule has 7 nitrogen and oxygen atoms in total. The van der Waals surface area contributed by atoms with Crippen molar-refractivity contribution < 1.29 is 23.8 Å². The minimum absolute atomic E-state index is 0.246. The highest BCUT2D eigenvalue weighted by atomic mass is 16.5. The molecule has 0 unspecified atom stereocenters. The van der Waals surface area contributed by atoms with Crippen LogP contribution in [0.4, 0.5) is 0 Å². The second kappa shape index (κ2) is 7.06. The number of carboxylic acid groups (broad SMARTS) is 1. The van der Waals surface area contributed by atoms with Crippen LogP contribution in [-0.2, 0) is 22.4 Å². The number of rotatable bonds is 4. The number of nitrogens with zero attached hydrogens (tertiary/aromatic N) is 1. The van der Waals surface area contributed by atoms with E-state index in [1.54, 1.807) is 12.1 Å². The van der Waals surface area contributed by atoms with E-state index in [1.807, 2.05) is 6.07 Å². The van der Waals surface area contributed by atoms with Crippen molar-refractivity contribution in [1.29, 1.82) is 0 Å². The van der Waals surface area contributed by atoms with E-state index in [4.69, 9.17) is 9.15 Å². The number of hydrogen-bond donors (Lipinski definition) is 1. The first-order chi connectivity index (χ1) is 13.0. The molecule has 0 bridgehead atoms. The van der Waals surface area contributed by atoms with Gasteiger partial charge in [-0.3, -0.25) is 4.79 Å². The van der Waals surface area contributed by atoms with Gasteiger partial charge in [-0.25, -0.2) is 9.59 Å². The van der Waals surface area contributed by atoms with Gasteiger partial charge >= 0.3 is 11.6 Å². The smallest absolute Gasteiger partial charge is 0.339 e. The van der Waals surface area contributed by atoms with Crippen molar-refractivity contribution in [3.63, 3.8) is 0 Å². The highest BCUT2D eigenvalue weighted by Gasteiger charge is 2.34. The van der Waals surface area contributed by atoms with E-state index in [1.165, 1.54) is 4.90 Å². The number of hydrogen-bond acceptors (Lipinski definition) is 5. The van der Waals surface area contributed by atoms with E-state index in [0.29, 0.717) is 30.7 Å². The average Bonchev–Trinajstić information content (AvgIpc) is 3.16. The summed E-state index contributed by atoms with van der Waals surface area (Å²) in [6, 6.07) is 4.46. The maximum absolute atomic E-state index is 12.3. The lowest BCUT2D eigenvalue weighted by atomic mass is 9.91. The third kappa shape index (κ3) is 3.29. The molecule has 1 N–H and O–H groups in total. The number of amides is 1. The summed E-state index contributed by atoms with van der Waals surface area (Å²) in [7, 11) is 0. The lowest BCUT2D eigenvalue weighted by Crippen LogP contribution is -2.42. The number of carboxylic acids is 1. The fourth-order valence-electron chi connectivity index (χ4n) is 4.07. The lowest BCUT2D eigenvalue weighted by Gasteiger charge is -2.21. The normalized spacial score (nSPS) is 19.1. The van der Waals surface area contributed by atoms with Crippen molar-refractivity contribution in [2.45, 2.75) is 44.6 Å². The molecule has 1 amide bonds. The summed E-state index contributed by atoms with van der Waals surface area (Å²) in [5, 5.41) is 10.1. The van der Waals surface area contributed by atoms with Crippen LogP contribution in [0.1, 0.15) is 36.8 Å². The standard InChI is InChI=1S/C20H21NO6/c22-18(21-9-3-6-16(21)19(23)24)11-26-12-7-8-14-13-4-1-2-5-15(13)20(25)27-17(14)10-12/h7-8,10,16H,1-6,9,11H2,(H,23,24)/t16-/m0/s1. The van der Waals surface area contributed by atoms with Gasteiger partial charge in [0.15, 0.2) is 6.61 Å². The molecule has 2 heterocycles. The summed E-state index contributed by atoms with van der Waals surface area (Å²) in [5.74, 6) is -0.925. The Balaban J connectivity index is 1.52. The van der Waals surface area contributed by atoms with Crippen LogP contribution in [0, 0.1) is 0 Å². The minimum Gasteiger partial charge on any atom is -0.484 e. The highest BCUT2D eigenvalue weighted by molar-refractivity contribution is 5.85. The molecule has 0 spiro atoms. The van der Waals surface area contributed by atoms with E-state index < -0.39 is 12.0 Å². The van der Waals surface area contributed by atoms with Crippen LogP contribution in [0.5, 0.6) is 5.75 Å². The molecule has 2 aliphatic rings. The summed E-state index contributed by atoms with van der Waals surface area (Å²) >= 11 is 0. The molecule has 27 heavy (non-hydrogen) atoms. The molecule has 1 aliphatic carbocycles. The first-order valence-corrected chi connectivity index (χ1v) is 9.28. The molecular formula is C20H21NO6. The highest BCUT2D eigenvalue weighted by Crippen LogP contribution is 2.29. The Kier molecular flexibility index (Phi) is 4.59.